The van der Waals surface area contributed by atoms with Gasteiger partial charge in [-0.05, 0) is 63.1 Å². The number of carbonyl (C=O) groups excluding carboxylic acids is 3. The van der Waals surface area contributed by atoms with Gasteiger partial charge in [0.15, 0.2) is 5.78 Å². The van der Waals surface area contributed by atoms with Crippen molar-refractivity contribution in [2.24, 2.45) is 5.14 Å². The van der Waals surface area contributed by atoms with Gasteiger partial charge in [0.1, 0.15) is 28.9 Å². The monoisotopic (exact) mass is 655 g/mol. The first kappa shape index (κ1) is 34.6. The van der Waals surface area contributed by atoms with E-state index in [-0.39, 0.29) is 48.0 Å². The second-order valence-corrected chi connectivity index (χ2v) is 11.8. The lowest BCUT2D eigenvalue weighted by Gasteiger charge is -2.19. The number of hydrogen-bond donors (Lipinski definition) is 3. The highest BCUT2D eigenvalue weighted by molar-refractivity contribution is 7.89. The van der Waals surface area contributed by atoms with E-state index in [0.29, 0.717) is 24.7 Å². The van der Waals surface area contributed by atoms with Gasteiger partial charge in [0.25, 0.3) is 0 Å². The lowest BCUT2D eigenvalue weighted by Crippen LogP contribution is -2.42. The van der Waals surface area contributed by atoms with Crippen LogP contribution in [-0.4, -0.2) is 51.4 Å². The molecule has 4 N–H and O–H groups in total. The molecule has 0 aliphatic carbocycles. The Labute approximate surface area is 258 Å². The molecule has 0 aliphatic rings. The van der Waals surface area contributed by atoms with Crippen molar-refractivity contribution in [1.82, 2.24) is 5.32 Å². The summed E-state index contributed by atoms with van der Waals surface area (Å²) < 4.78 is 66.4. The van der Waals surface area contributed by atoms with Gasteiger partial charge in [0.05, 0.1) is 41.7 Å². The van der Waals surface area contributed by atoms with Crippen LogP contribution in [0, 0.1) is 11.6 Å². The summed E-state index contributed by atoms with van der Waals surface area (Å²) in [5, 5.41) is 10.9. The molecule has 0 spiro atoms. The molecule has 15 heteroatoms. The van der Waals surface area contributed by atoms with Gasteiger partial charge in [-0.25, -0.2) is 27.1 Å². The van der Waals surface area contributed by atoms with E-state index in [4.69, 9.17) is 30.6 Å². The number of esters is 2. The molecular formula is C29H32ClF2N3O8S. The van der Waals surface area contributed by atoms with Crippen molar-refractivity contribution in [2.75, 3.05) is 18.5 Å². The molecule has 0 saturated heterocycles. The van der Waals surface area contributed by atoms with Gasteiger partial charge in [0.2, 0.25) is 10.0 Å². The zero-order valence-electron chi connectivity index (χ0n) is 23.9. The molecule has 1 heterocycles. The van der Waals surface area contributed by atoms with Crippen LogP contribution in [-0.2, 0) is 30.8 Å². The Morgan fingerprint density at radius 1 is 1.05 bits per heavy atom. The number of nitrogens with one attached hydrogen (secondary N) is 2. The van der Waals surface area contributed by atoms with Crippen LogP contribution in [0.1, 0.15) is 59.6 Å². The van der Waals surface area contributed by atoms with Crippen LogP contribution < -0.4 is 15.8 Å². The van der Waals surface area contributed by atoms with E-state index in [1.165, 1.54) is 19.3 Å². The number of sulfonamides is 1. The molecule has 11 nitrogen and oxygen atoms in total. The van der Waals surface area contributed by atoms with E-state index in [0.717, 1.165) is 18.2 Å². The molecule has 0 fully saturated rings. The molecule has 0 bridgehead atoms. The second kappa shape index (κ2) is 15.7. The SMILES string of the molecule is C[C@@H](COC(=O)CCCCOC(=O)c1cc(S(N)(=O)=O)c(Cl)cc1NCc1ccco1)N[C@H](C)C(=O)c1cc(F)cc(F)c1. The van der Waals surface area contributed by atoms with Crippen molar-refractivity contribution in [1.29, 1.82) is 0 Å². The van der Waals surface area contributed by atoms with Gasteiger partial charge in [-0.15, -0.1) is 0 Å². The van der Waals surface area contributed by atoms with Crippen molar-refractivity contribution in [2.45, 2.75) is 56.6 Å². The molecule has 0 radical (unpaired) electrons. The van der Waals surface area contributed by atoms with Crippen molar-refractivity contribution in [3.05, 3.63) is 82.3 Å². The Kier molecular flexibility index (Phi) is 12.4. The Hall–Kier alpha value is -3.85. The minimum absolute atomic E-state index is 0.0216. The highest BCUT2D eigenvalue weighted by Gasteiger charge is 2.22. The van der Waals surface area contributed by atoms with Crippen molar-refractivity contribution < 1.29 is 45.5 Å². The minimum atomic E-state index is -4.23. The summed E-state index contributed by atoms with van der Waals surface area (Å²) >= 11 is 6.08. The maximum Gasteiger partial charge on any atom is 0.340 e. The van der Waals surface area contributed by atoms with E-state index in [2.05, 4.69) is 10.6 Å². The summed E-state index contributed by atoms with van der Waals surface area (Å²) in [5.41, 5.74) is -0.0231. The first-order chi connectivity index (χ1) is 20.7. The topological polar surface area (TPSA) is 167 Å². The summed E-state index contributed by atoms with van der Waals surface area (Å²) in [5.74, 6) is -3.04. The van der Waals surface area contributed by atoms with Gasteiger partial charge in [-0.1, -0.05) is 11.6 Å². The average molecular weight is 656 g/mol. The van der Waals surface area contributed by atoms with E-state index in [9.17, 15) is 31.6 Å². The van der Waals surface area contributed by atoms with Crippen LogP contribution in [0.5, 0.6) is 0 Å². The number of benzene rings is 2. The normalized spacial score (nSPS) is 12.8. The lowest BCUT2D eigenvalue weighted by atomic mass is 10.0. The van der Waals surface area contributed by atoms with E-state index < -0.39 is 56.4 Å². The number of halogens is 3. The van der Waals surface area contributed by atoms with Crippen LogP contribution in [0.3, 0.4) is 0 Å². The predicted octanol–water partition coefficient (Wildman–Crippen LogP) is 4.59. The Morgan fingerprint density at radius 3 is 2.39 bits per heavy atom. The molecule has 0 aliphatic heterocycles. The zero-order valence-corrected chi connectivity index (χ0v) is 25.5. The fourth-order valence-corrected chi connectivity index (χ4v) is 5.18. The number of nitrogens with two attached hydrogens (primary N) is 1. The van der Waals surface area contributed by atoms with Gasteiger partial charge in [0, 0.05) is 24.1 Å². The molecule has 1 aromatic heterocycles. The largest absolute Gasteiger partial charge is 0.467 e. The second-order valence-electron chi connectivity index (χ2n) is 9.89. The van der Waals surface area contributed by atoms with Gasteiger partial charge >= 0.3 is 11.9 Å². The quantitative estimate of drug-likeness (QED) is 0.113. The average Bonchev–Trinajstić information content (AvgIpc) is 3.47. The standard InChI is InChI=1S/C29H32ClF2N3O8S/c1-17(35-18(2)28(37)19-10-20(31)12-21(32)11-19)16-43-27(36)7-3-4-8-42-29(38)23-13-26(44(33,39)40)24(30)14-25(23)34-15-22-6-5-9-41-22/h5-6,9-14,17-18,34-35H,3-4,7-8,15-16H2,1-2H3,(H2,33,39,40)/t17-,18+/m0/s1. The highest BCUT2D eigenvalue weighted by Crippen LogP contribution is 2.29. The third-order valence-electron chi connectivity index (χ3n) is 6.21. The van der Waals surface area contributed by atoms with Crippen LogP contribution in [0.25, 0.3) is 0 Å². The molecule has 238 valence electrons. The molecular weight excluding hydrogens is 624 g/mol. The Morgan fingerprint density at radius 2 is 1.75 bits per heavy atom. The zero-order chi connectivity index (χ0) is 32.4. The molecule has 3 aromatic rings. The number of anilines is 1. The first-order valence-corrected chi connectivity index (χ1v) is 15.4. The third kappa shape index (κ3) is 10.4. The third-order valence-corrected chi connectivity index (χ3v) is 7.58. The van der Waals surface area contributed by atoms with Gasteiger partial charge in [-0.2, -0.15) is 0 Å². The maximum atomic E-state index is 13.4. The molecule has 44 heavy (non-hydrogen) atoms. The lowest BCUT2D eigenvalue weighted by molar-refractivity contribution is -0.144. The van der Waals surface area contributed by atoms with E-state index in [1.807, 2.05) is 0 Å². The van der Waals surface area contributed by atoms with Crippen LogP contribution in [0.4, 0.5) is 14.5 Å². The fraction of sp³-hybridized carbons (Fsp3) is 0.345. The minimum Gasteiger partial charge on any atom is -0.467 e. The molecule has 3 rings (SSSR count). The number of Topliss-reactive ketones (excluding diaryl/α,β-unsaturated/α-hetero) is 1. The predicted molar refractivity (Wildman–Crippen MR) is 157 cm³/mol. The molecule has 0 amide bonds. The van der Waals surface area contributed by atoms with Crippen LogP contribution in [0.2, 0.25) is 5.02 Å². The maximum absolute atomic E-state index is 13.4. The fourth-order valence-electron chi connectivity index (χ4n) is 4.08. The molecule has 2 atom stereocenters. The van der Waals surface area contributed by atoms with Crippen molar-refractivity contribution in [3.8, 4) is 0 Å². The summed E-state index contributed by atoms with van der Waals surface area (Å²) in [7, 11) is -4.23. The summed E-state index contributed by atoms with van der Waals surface area (Å²) in [4.78, 5) is 37.0. The smallest absolute Gasteiger partial charge is 0.340 e. The number of hydrogen-bond acceptors (Lipinski definition) is 10. The number of carbonyl (C=O) groups is 3. The number of rotatable bonds is 16. The van der Waals surface area contributed by atoms with Crippen molar-refractivity contribution >= 4 is 45.0 Å². The van der Waals surface area contributed by atoms with Gasteiger partial charge < -0.3 is 24.5 Å². The number of furan rings is 1. The van der Waals surface area contributed by atoms with Gasteiger partial charge in [-0.3, -0.25) is 9.59 Å². The number of ether oxygens (including phenoxy) is 2. The molecule has 2 aromatic carbocycles. The van der Waals surface area contributed by atoms with Crippen LogP contribution in [0.15, 0.2) is 58.0 Å². The van der Waals surface area contributed by atoms with E-state index in [1.54, 1.807) is 19.1 Å². The number of primary sulfonamides is 1. The van der Waals surface area contributed by atoms with Crippen molar-refractivity contribution in [3.63, 3.8) is 0 Å². The highest BCUT2D eigenvalue weighted by atomic mass is 35.5. The van der Waals surface area contributed by atoms with Crippen LogP contribution >= 0.6 is 11.6 Å². The summed E-state index contributed by atoms with van der Waals surface area (Å²) in [6.07, 6.45) is 2.12. The summed E-state index contributed by atoms with van der Waals surface area (Å²) in [6, 6.07) is 7.01. The Bertz CT molecular complexity index is 1570. The molecule has 0 saturated carbocycles. The Balaban J connectivity index is 1.44. The summed E-state index contributed by atoms with van der Waals surface area (Å²) in [6.45, 7) is 3.26. The molecule has 0 unspecified atom stereocenters. The number of unbranched alkanes of at least 4 members (excludes halogenated alkanes) is 1. The number of ketones is 1. The van der Waals surface area contributed by atoms with E-state index >= 15 is 0 Å². The first-order valence-electron chi connectivity index (χ1n) is 13.5.